The molecule has 110 valence electrons. The van der Waals surface area contributed by atoms with E-state index < -0.39 is 11.9 Å². The van der Waals surface area contributed by atoms with Gasteiger partial charge in [0.05, 0.1) is 5.92 Å². The van der Waals surface area contributed by atoms with Crippen LogP contribution in [0.5, 0.6) is 0 Å². The molecule has 0 spiro atoms. The maximum atomic E-state index is 11.5. The molecule has 4 nitrogen and oxygen atoms in total. The molecule has 1 unspecified atom stereocenters. The van der Waals surface area contributed by atoms with Crippen LogP contribution in [0.3, 0.4) is 0 Å². The molecule has 0 fully saturated rings. The molecule has 4 heteroatoms. The monoisotopic (exact) mass is 277 g/mol. The minimum Gasteiger partial charge on any atom is -0.481 e. The molecule has 1 aromatic rings. The SMILES string of the molecule is Cc1ccc(CCCCC(=O)NCC(C)C(=O)O)cc1. The van der Waals surface area contributed by atoms with Crippen molar-refractivity contribution in [3.63, 3.8) is 0 Å². The number of aryl methyl sites for hydroxylation is 2. The highest BCUT2D eigenvalue weighted by molar-refractivity contribution is 5.77. The molecule has 0 bridgehead atoms. The minimum atomic E-state index is -0.885. The Kier molecular flexibility index (Phi) is 6.77. The summed E-state index contributed by atoms with van der Waals surface area (Å²) in [5, 5.41) is 11.4. The van der Waals surface area contributed by atoms with Crippen LogP contribution in [0.4, 0.5) is 0 Å². The van der Waals surface area contributed by atoms with Gasteiger partial charge in [-0.2, -0.15) is 0 Å². The minimum absolute atomic E-state index is 0.0676. The number of benzene rings is 1. The smallest absolute Gasteiger partial charge is 0.308 e. The average Bonchev–Trinajstić information content (AvgIpc) is 2.42. The summed E-state index contributed by atoms with van der Waals surface area (Å²) in [6, 6.07) is 8.42. The molecule has 1 rings (SSSR count). The first kappa shape index (κ1) is 16.2. The van der Waals surface area contributed by atoms with E-state index in [-0.39, 0.29) is 12.5 Å². The molecule has 1 aromatic carbocycles. The summed E-state index contributed by atoms with van der Waals surface area (Å²) in [6.07, 6.45) is 3.21. The highest BCUT2D eigenvalue weighted by Crippen LogP contribution is 2.08. The van der Waals surface area contributed by atoms with E-state index >= 15 is 0 Å². The molecule has 0 heterocycles. The number of carbonyl (C=O) groups excluding carboxylic acids is 1. The molecule has 0 aliphatic carbocycles. The van der Waals surface area contributed by atoms with Gasteiger partial charge in [-0.3, -0.25) is 9.59 Å². The van der Waals surface area contributed by atoms with Crippen LogP contribution in [0.1, 0.15) is 37.3 Å². The topological polar surface area (TPSA) is 66.4 Å². The van der Waals surface area contributed by atoms with Gasteiger partial charge in [0.15, 0.2) is 0 Å². The Labute approximate surface area is 120 Å². The molecule has 0 aliphatic heterocycles. The molecule has 1 atom stereocenters. The van der Waals surface area contributed by atoms with Gasteiger partial charge in [-0.05, 0) is 31.7 Å². The van der Waals surface area contributed by atoms with Crippen molar-refractivity contribution in [2.75, 3.05) is 6.54 Å². The number of unbranched alkanes of at least 4 members (excludes halogenated alkanes) is 1. The van der Waals surface area contributed by atoms with Crippen molar-refractivity contribution in [1.29, 1.82) is 0 Å². The highest BCUT2D eigenvalue weighted by atomic mass is 16.4. The van der Waals surface area contributed by atoms with Crippen LogP contribution in [0.2, 0.25) is 0 Å². The number of carbonyl (C=O) groups is 2. The zero-order valence-electron chi connectivity index (χ0n) is 12.2. The largest absolute Gasteiger partial charge is 0.481 e. The van der Waals surface area contributed by atoms with Crippen LogP contribution in [0.15, 0.2) is 24.3 Å². The Morgan fingerprint density at radius 3 is 2.45 bits per heavy atom. The molecule has 1 amide bonds. The second-order valence-electron chi connectivity index (χ2n) is 5.24. The van der Waals surface area contributed by atoms with Crippen LogP contribution in [0, 0.1) is 12.8 Å². The van der Waals surface area contributed by atoms with Crippen LogP contribution >= 0.6 is 0 Å². The zero-order valence-corrected chi connectivity index (χ0v) is 12.2. The predicted octanol–water partition coefficient (Wildman–Crippen LogP) is 2.54. The number of nitrogens with one attached hydrogen (secondary N) is 1. The van der Waals surface area contributed by atoms with Crippen molar-refractivity contribution >= 4 is 11.9 Å². The number of amides is 1. The molecule has 0 radical (unpaired) electrons. The summed E-state index contributed by atoms with van der Waals surface area (Å²) in [5.74, 6) is -1.49. The van der Waals surface area contributed by atoms with Crippen molar-refractivity contribution in [3.05, 3.63) is 35.4 Å². The lowest BCUT2D eigenvalue weighted by Crippen LogP contribution is -2.31. The Bertz CT molecular complexity index is 440. The maximum absolute atomic E-state index is 11.5. The maximum Gasteiger partial charge on any atom is 0.308 e. The summed E-state index contributed by atoms with van der Waals surface area (Å²) < 4.78 is 0. The number of hydrogen-bond donors (Lipinski definition) is 2. The van der Waals surface area contributed by atoms with Crippen LogP contribution in [0.25, 0.3) is 0 Å². The quantitative estimate of drug-likeness (QED) is 0.718. The Balaban J connectivity index is 2.13. The van der Waals surface area contributed by atoms with Crippen molar-refractivity contribution in [3.8, 4) is 0 Å². The van der Waals surface area contributed by atoms with Gasteiger partial charge in [-0.1, -0.05) is 36.8 Å². The number of rotatable bonds is 8. The highest BCUT2D eigenvalue weighted by Gasteiger charge is 2.11. The Hall–Kier alpha value is -1.84. The molecule has 0 aliphatic rings. The second kappa shape index (κ2) is 8.35. The second-order valence-corrected chi connectivity index (χ2v) is 5.24. The fourth-order valence-electron chi connectivity index (χ4n) is 1.81. The lowest BCUT2D eigenvalue weighted by molar-refractivity contribution is -0.141. The molecule has 20 heavy (non-hydrogen) atoms. The van der Waals surface area contributed by atoms with Gasteiger partial charge in [0.2, 0.25) is 5.91 Å². The van der Waals surface area contributed by atoms with E-state index in [1.54, 1.807) is 6.92 Å². The van der Waals surface area contributed by atoms with Crippen LogP contribution < -0.4 is 5.32 Å². The van der Waals surface area contributed by atoms with Gasteiger partial charge in [-0.25, -0.2) is 0 Å². The van der Waals surface area contributed by atoms with Crippen molar-refractivity contribution in [1.82, 2.24) is 5.32 Å². The lowest BCUT2D eigenvalue weighted by Gasteiger charge is -2.08. The number of hydrogen-bond acceptors (Lipinski definition) is 2. The first-order valence-corrected chi connectivity index (χ1v) is 7.04. The standard InChI is InChI=1S/C16H23NO3/c1-12-7-9-14(10-8-12)5-3-4-6-15(18)17-11-13(2)16(19)20/h7-10,13H,3-6,11H2,1-2H3,(H,17,18)(H,19,20). The molecule has 2 N–H and O–H groups in total. The fraction of sp³-hybridized carbons (Fsp3) is 0.500. The van der Waals surface area contributed by atoms with Gasteiger partial charge in [0.1, 0.15) is 0 Å². The van der Waals surface area contributed by atoms with Gasteiger partial charge >= 0.3 is 5.97 Å². The third-order valence-electron chi connectivity index (χ3n) is 3.27. The van der Waals surface area contributed by atoms with Crippen molar-refractivity contribution in [2.24, 2.45) is 5.92 Å². The van der Waals surface area contributed by atoms with Gasteiger partial charge in [-0.15, -0.1) is 0 Å². The van der Waals surface area contributed by atoms with Crippen molar-refractivity contribution < 1.29 is 14.7 Å². The van der Waals surface area contributed by atoms with Crippen molar-refractivity contribution in [2.45, 2.75) is 39.5 Å². The Morgan fingerprint density at radius 2 is 1.85 bits per heavy atom. The molecule has 0 saturated heterocycles. The van der Waals surface area contributed by atoms with E-state index in [2.05, 4.69) is 36.5 Å². The molecule has 0 saturated carbocycles. The van der Waals surface area contributed by atoms with E-state index in [4.69, 9.17) is 5.11 Å². The lowest BCUT2D eigenvalue weighted by atomic mass is 10.1. The van der Waals surface area contributed by atoms with E-state index in [1.807, 2.05) is 0 Å². The van der Waals surface area contributed by atoms with E-state index in [9.17, 15) is 9.59 Å². The van der Waals surface area contributed by atoms with E-state index in [0.29, 0.717) is 6.42 Å². The third kappa shape index (κ3) is 6.36. The van der Waals surface area contributed by atoms with Crippen LogP contribution in [-0.2, 0) is 16.0 Å². The summed E-state index contributed by atoms with van der Waals surface area (Å²) in [7, 11) is 0. The summed E-state index contributed by atoms with van der Waals surface area (Å²) >= 11 is 0. The first-order chi connectivity index (χ1) is 9.49. The number of aliphatic carboxylic acids is 1. The average molecular weight is 277 g/mol. The normalized spacial score (nSPS) is 11.9. The van der Waals surface area contributed by atoms with Crippen LogP contribution in [-0.4, -0.2) is 23.5 Å². The zero-order chi connectivity index (χ0) is 15.0. The fourth-order valence-corrected chi connectivity index (χ4v) is 1.81. The van der Waals surface area contributed by atoms with Gasteiger partial charge in [0.25, 0.3) is 0 Å². The van der Waals surface area contributed by atoms with Gasteiger partial charge < -0.3 is 10.4 Å². The number of carboxylic acids is 1. The predicted molar refractivity (Wildman–Crippen MR) is 78.5 cm³/mol. The first-order valence-electron chi connectivity index (χ1n) is 7.04. The number of carboxylic acid groups (broad SMARTS) is 1. The Morgan fingerprint density at radius 1 is 1.20 bits per heavy atom. The van der Waals surface area contributed by atoms with Gasteiger partial charge in [0, 0.05) is 13.0 Å². The molecule has 0 aromatic heterocycles. The summed E-state index contributed by atoms with van der Waals surface area (Å²) in [5.41, 5.74) is 2.54. The summed E-state index contributed by atoms with van der Waals surface area (Å²) in [4.78, 5) is 22.1. The third-order valence-corrected chi connectivity index (χ3v) is 3.27. The van der Waals surface area contributed by atoms with E-state index in [0.717, 1.165) is 19.3 Å². The molecular formula is C16H23NO3. The summed E-state index contributed by atoms with van der Waals surface area (Å²) in [6.45, 7) is 3.85. The van der Waals surface area contributed by atoms with E-state index in [1.165, 1.54) is 11.1 Å². The molecular weight excluding hydrogens is 254 g/mol.